The molecule has 0 bridgehead atoms. The molecule has 4 atom stereocenters. The van der Waals surface area contributed by atoms with Gasteiger partial charge in [-0.05, 0) is 18.8 Å². The summed E-state index contributed by atoms with van der Waals surface area (Å²) in [5, 5.41) is 38.2. The van der Waals surface area contributed by atoms with Crippen LogP contribution in [-0.4, -0.2) is 75.1 Å². The topological polar surface area (TPSA) is 196 Å². The van der Waals surface area contributed by atoms with E-state index in [0.717, 1.165) is 0 Å². The Morgan fingerprint density at radius 2 is 1.69 bits per heavy atom. The van der Waals surface area contributed by atoms with Crippen LogP contribution < -0.4 is 11.1 Å². The van der Waals surface area contributed by atoms with Crippen molar-refractivity contribution in [3.8, 4) is 0 Å². The van der Waals surface area contributed by atoms with E-state index in [1.54, 1.807) is 13.8 Å². The smallest absolute Gasteiger partial charge is 0.347 e. The second kappa shape index (κ2) is 11.4. The molecule has 0 aliphatic heterocycles. The molecule has 1 amide bonds. The Labute approximate surface area is 150 Å². The lowest BCUT2D eigenvalue weighted by molar-refractivity contribution is -0.175. The van der Waals surface area contributed by atoms with Crippen LogP contribution in [0.2, 0.25) is 0 Å². The van der Waals surface area contributed by atoms with E-state index in [2.05, 4.69) is 5.32 Å². The summed E-state index contributed by atoms with van der Waals surface area (Å²) in [6, 6.07) is -2.43. The largest absolute Gasteiger partial charge is 0.480 e. The highest BCUT2D eigenvalue weighted by Gasteiger charge is 2.33. The summed E-state index contributed by atoms with van der Waals surface area (Å²) >= 11 is 0. The average Bonchev–Trinajstić information content (AvgIpc) is 2.54. The van der Waals surface area contributed by atoms with E-state index in [4.69, 9.17) is 25.8 Å². The molecule has 0 unspecified atom stereocenters. The summed E-state index contributed by atoms with van der Waals surface area (Å²) in [6.07, 6.45) is -4.08. The predicted octanol–water partition coefficient (Wildman–Crippen LogP) is -1.94. The van der Waals surface area contributed by atoms with Gasteiger partial charge in [-0.15, -0.1) is 0 Å². The zero-order valence-electron chi connectivity index (χ0n) is 14.6. The Hall–Kier alpha value is -2.24. The van der Waals surface area contributed by atoms with Crippen LogP contribution in [0.5, 0.6) is 0 Å². The minimum Gasteiger partial charge on any atom is -0.480 e. The maximum absolute atomic E-state index is 12.2. The van der Waals surface area contributed by atoms with Crippen LogP contribution in [0.4, 0.5) is 0 Å². The van der Waals surface area contributed by atoms with Crippen molar-refractivity contribution in [2.24, 2.45) is 11.7 Å². The number of carbonyl (C=O) groups is 4. The van der Waals surface area contributed by atoms with Crippen LogP contribution in [-0.2, 0) is 23.9 Å². The van der Waals surface area contributed by atoms with Gasteiger partial charge in [-0.25, -0.2) is 9.59 Å². The molecule has 0 saturated carbocycles. The third-order valence-corrected chi connectivity index (χ3v) is 3.35. The van der Waals surface area contributed by atoms with Crippen molar-refractivity contribution < 1.29 is 44.3 Å². The minimum atomic E-state index is -1.99. The van der Waals surface area contributed by atoms with Crippen LogP contribution in [0.25, 0.3) is 0 Å². The molecule has 0 aromatic heterocycles. The highest BCUT2D eigenvalue weighted by Crippen LogP contribution is 2.10. The van der Waals surface area contributed by atoms with Crippen molar-refractivity contribution in [2.45, 2.75) is 57.4 Å². The van der Waals surface area contributed by atoms with E-state index in [-0.39, 0.29) is 25.2 Å². The number of esters is 1. The number of nitrogens with one attached hydrogen (secondary N) is 1. The van der Waals surface area contributed by atoms with Gasteiger partial charge in [0.05, 0.1) is 6.61 Å². The fourth-order valence-corrected chi connectivity index (χ4v) is 1.96. The van der Waals surface area contributed by atoms with Gasteiger partial charge in [0, 0.05) is 6.42 Å². The van der Waals surface area contributed by atoms with Gasteiger partial charge in [0.15, 0.2) is 0 Å². The molecule has 26 heavy (non-hydrogen) atoms. The summed E-state index contributed by atoms with van der Waals surface area (Å²) in [5.41, 5.74) is 5.30. The van der Waals surface area contributed by atoms with Crippen molar-refractivity contribution in [1.29, 1.82) is 0 Å². The SMILES string of the molecule is CC(C)C[C@H](NC(=O)CC[C@H](N)C(=O)O)C(=O)O[C@@H](C(=O)O)[C@H](O)CO. The maximum atomic E-state index is 12.2. The second-order valence-corrected chi connectivity index (χ2v) is 6.18. The molecule has 0 aromatic carbocycles. The normalized spacial score (nSPS) is 15.6. The van der Waals surface area contributed by atoms with Crippen molar-refractivity contribution >= 4 is 23.8 Å². The average molecular weight is 378 g/mol. The quantitative estimate of drug-likeness (QED) is 0.208. The van der Waals surface area contributed by atoms with Gasteiger partial charge in [-0.2, -0.15) is 0 Å². The van der Waals surface area contributed by atoms with Crippen LogP contribution in [0.15, 0.2) is 0 Å². The van der Waals surface area contributed by atoms with Crippen molar-refractivity contribution in [3.63, 3.8) is 0 Å². The van der Waals surface area contributed by atoms with E-state index >= 15 is 0 Å². The first-order chi connectivity index (χ1) is 12.0. The summed E-state index contributed by atoms with van der Waals surface area (Å²) in [5.74, 6) is -4.73. The summed E-state index contributed by atoms with van der Waals surface area (Å²) in [4.78, 5) is 45.8. The van der Waals surface area contributed by atoms with Crippen LogP contribution in [0.3, 0.4) is 0 Å². The number of hydrogen-bond acceptors (Lipinski definition) is 8. The van der Waals surface area contributed by atoms with E-state index < -0.39 is 54.7 Å². The molecule has 0 aliphatic carbocycles. The lowest BCUT2D eigenvalue weighted by Gasteiger charge is -2.23. The van der Waals surface area contributed by atoms with Gasteiger partial charge in [0.1, 0.15) is 18.2 Å². The predicted molar refractivity (Wildman–Crippen MR) is 86.8 cm³/mol. The molecule has 0 rings (SSSR count). The molecular formula is C15H26N2O9. The van der Waals surface area contributed by atoms with Gasteiger partial charge >= 0.3 is 17.9 Å². The van der Waals surface area contributed by atoms with Gasteiger partial charge in [0.25, 0.3) is 0 Å². The van der Waals surface area contributed by atoms with E-state index in [0.29, 0.717) is 0 Å². The van der Waals surface area contributed by atoms with Gasteiger partial charge in [0.2, 0.25) is 12.0 Å². The molecule has 0 fully saturated rings. The fourth-order valence-electron chi connectivity index (χ4n) is 1.96. The number of carbonyl (C=O) groups excluding carboxylic acids is 2. The zero-order valence-corrected chi connectivity index (χ0v) is 14.6. The molecular weight excluding hydrogens is 352 g/mol. The lowest BCUT2D eigenvalue weighted by atomic mass is 10.0. The molecule has 0 saturated heterocycles. The molecule has 0 radical (unpaired) electrons. The number of aliphatic carboxylic acids is 2. The standard InChI is InChI=1S/C15H26N2O9/c1-7(2)5-9(17-11(20)4-3-8(16)13(21)22)15(25)26-12(14(23)24)10(19)6-18/h7-10,12,18-19H,3-6,16H2,1-2H3,(H,17,20)(H,21,22)(H,23,24)/t8-,9-,10+,12+/m0/s1. The Bertz CT molecular complexity index is 509. The highest BCUT2D eigenvalue weighted by molar-refractivity contribution is 5.86. The van der Waals surface area contributed by atoms with E-state index in [1.165, 1.54) is 0 Å². The van der Waals surface area contributed by atoms with Gasteiger partial charge in [-0.3, -0.25) is 9.59 Å². The number of amides is 1. The lowest BCUT2D eigenvalue weighted by Crippen LogP contribution is -2.48. The number of hydrogen-bond donors (Lipinski definition) is 6. The zero-order chi connectivity index (χ0) is 20.4. The summed E-state index contributed by atoms with van der Waals surface area (Å²) in [7, 11) is 0. The van der Waals surface area contributed by atoms with Crippen molar-refractivity contribution in [3.05, 3.63) is 0 Å². The Morgan fingerprint density at radius 1 is 1.12 bits per heavy atom. The molecule has 0 heterocycles. The number of rotatable bonds is 12. The molecule has 0 spiro atoms. The Balaban J connectivity index is 4.95. The van der Waals surface area contributed by atoms with Crippen LogP contribution in [0.1, 0.15) is 33.1 Å². The molecule has 11 heteroatoms. The van der Waals surface area contributed by atoms with Gasteiger partial charge < -0.3 is 36.2 Å². The number of aliphatic hydroxyl groups is 2. The fraction of sp³-hybridized carbons (Fsp3) is 0.733. The van der Waals surface area contributed by atoms with E-state index in [9.17, 15) is 24.3 Å². The monoisotopic (exact) mass is 378 g/mol. The summed E-state index contributed by atoms with van der Waals surface area (Å²) < 4.78 is 4.71. The molecule has 0 aromatic rings. The number of carboxylic acids is 2. The first kappa shape index (κ1) is 23.8. The van der Waals surface area contributed by atoms with Crippen molar-refractivity contribution in [1.82, 2.24) is 5.32 Å². The number of ether oxygens (including phenoxy) is 1. The third-order valence-electron chi connectivity index (χ3n) is 3.35. The van der Waals surface area contributed by atoms with Crippen LogP contribution >= 0.6 is 0 Å². The molecule has 0 aliphatic rings. The highest BCUT2D eigenvalue weighted by atomic mass is 16.6. The molecule has 11 nitrogen and oxygen atoms in total. The minimum absolute atomic E-state index is 0.0693. The van der Waals surface area contributed by atoms with Crippen LogP contribution in [0, 0.1) is 5.92 Å². The number of aliphatic hydroxyl groups excluding tert-OH is 2. The first-order valence-electron chi connectivity index (χ1n) is 7.99. The number of carboxylic acid groups (broad SMARTS) is 2. The Morgan fingerprint density at radius 3 is 2.12 bits per heavy atom. The van der Waals surface area contributed by atoms with Gasteiger partial charge in [-0.1, -0.05) is 13.8 Å². The van der Waals surface area contributed by atoms with E-state index in [1.807, 2.05) is 0 Å². The first-order valence-corrected chi connectivity index (χ1v) is 7.99. The summed E-state index contributed by atoms with van der Waals surface area (Å²) in [6.45, 7) is 2.58. The molecule has 7 N–H and O–H groups in total. The Kier molecular flexibility index (Phi) is 10.4. The van der Waals surface area contributed by atoms with Crippen molar-refractivity contribution in [2.75, 3.05) is 6.61 Å². The maximum Gasteiger partial charge on any atom is 0.347 e. The third kappa shape index (κ3) is 8.74. The molecule has 150 valence electrons. The second-order valence-electron chi connectivity index (χ2n) is 6.18. The number of nitrogens with two attached hydrogens (primary N) is 1.